The lowest BCUT2D eigenvalue weighted by Gasteiger charge is -2.23. The van der Waals surface area contributed by atoms with Crippen molar-refractivity contribution < 1.29 is 4.79 Å². The first-order chi connectivity index (χ1) is 10.8. The summed E-state index contributed by atoms with van der Waals surface area (Å²) < 4.78 is 0. The molecule has 1 amide bonds. The number of nitrogens with zero attached hydrogens (tertiary/aromatic N) is 1. The SMILES string of the molecule is C#CCN1C(=O)c2ccccc2C1c1c[nH]c2ccccc12. The fourth-order valence-electron chi connectivity index (χ4n) is 3.29. The highest BCUT2D eigenvalue weighted by Gasteiger charge is 2.37. The summed E-state index contributed by atoms with van der Waals surface area (Å²) in [7, 11) is 0. The highest BCUT2D eigenvalue weighted by atomic mass is 16.2. The Bertz CT molecular complexity index is 916. The maximum atomic E-state index is 12.6. The van der Waals surface area contributed by atoms with E-state index in [1.807, 2.05) is 48.7 Å². The van der Waals surface area contributed by atoms with Crippen molar-refractivity contribution in [1.82, 2.24) is 9.88 Å². The van der Waals surface area contributed by atoms with Crippen LogP contribution in [0, 0.1) is 12.3 Å². The Morgan fingerprint density at radius 1 is 1.09 bits per heavy atom. The molecule has 1 aliphatic heterocycles. The largest absolute Gasteiger partial charge is 0.361 e. The molecule has 1 aromatic heterocycles. The summed E-state index contributed by atoms with van der Waals surface area (Å²) in [5.41, 5.74) is 3.92. The van der Waals surface area contributed by atoms with E-state index in [2.05, 4.69) is 17.0 Å². The van der Waals surface area contributed by atoms with Crippen LogP contribution in [0.15, 0.2) is 54.7 Å². The third-order valence-electron chi connectivity index (χ3n) is 4.24. The van der Waals surface area contributed by atoms with Gasteiger partial charge in [0.15, 0.2) is 0 Å². The first kappa shape index (κ1) is 12.7. The Labute approximate surface area is 128 Å². The molecule has 1 N–H and O–H groups in total. The van der Waals surface area contributed by atoms with Gasteiger partial charge in [0.2, 0.25) is 0 Å². The molecule has 2 aromatic carbocycles. The van der Waals surface area contributed by atoms with Crippen LogP contribution < -0.4 is 0 Å². The molecule has 1 aliphatic rings. The monoisotopic (exact) mass is 286 g/mol. The second-order valence-corrected chi connectivity index (χ2v) is 5.42. The zero-order chi connectivity index (χ0) is 15.1. The Kier molecular flexibility index (Phi) is 2.77. The zero-order valence-corrected chi connectivity index (χ0v) is 11.9. The molecule has 0 bridgehead atoms. The van der Waals surface area contributed by atoms with Gasteiger partial charge >= 0.3 is 0 Å². The van der Waals surface area contributed by atoms with Gasteiger partial charge in [-0.2, -0.15) is 0 Å². The number of terminal acetylenes is 1. The molecular formula is C19H14N2O. The van der Waals surface area contributed by atoms with Gasteiger partial charge in [0.1, 0.15) is 0 Å². The van der Waals surface area contributed by atoms with Crippen molar-refractivity contribution >= 4 is 16.8 Å². The molecule has 0 spiro atoms. The minimum Gasteiger partial charge on any atom is -0.361 e. The fraction of sp³-hybridized carbons (Fsp3) is 0.105. The maximum absolute atomic E-state index is 12.6. The summed E-state index contributed by atoms with van der Waals surface area (Å²) in [6.07, 6.45) is 7.46. The Hall–Kier alpha value is -2.99. The number of amides is 1. The number of H-pyrrole nitrogens is 1. The van der Waals surface area contributed by atoms with Crippen LogP contribution in [0.5, 0.6) is 0 Å². The molecule has 0 aliphatic carbocycles. The first-order valence-electron chi connectivity index (χ1n) is 7.20. The zero-order valence-electron chi connectivity index (χ0n) is 11.9. The van der Waals surface area contributed by atoms with Crippen LogP contribution in [0.25, 0.3) is 10.9 Å². The molecule has 1 atom stereocenters. The van der Waals surface area contributed by atoms with E-state index in [0.717, 1.165) is 27.6 Å². The van der Waals surface area contributed by atoms with E-state index in [9.17, 15) is 4.79 Å². The van der Waals surface area contributed by atoms with Crippen LogP contribution >= 0.6 is 0 Å². The molecule has 3 nitrogen and oxygen atoms in total. The normalized spacial score (nSPS) is 16.8. The van der Waals surface area contributed by atoms with E-state index in [1.165, 1.54) is 0 Å². The molecular weight excluding hydrogens is 272 g/mol. The second-order valence-electron chi connectivity index (χ2n) is 5.42. The number of hydrogen-bond donors (Lipinski definition) is 1. The van der Waals surface area contributed by atoms with Crippen molar-refractivity contribution in [1.29, 1.82) is 0 Å². The number of fused-ring (bicyclic) bond motifs is 2. The quantitative estimate of drug-likeness (QED) is 0.721. The summed E-state index contributed by atoms with van der Waals surface area (Å²) >= 11 is 0. The molecule has 0 saturated carbocycles. The lowest BCUT2D eigenvalue weighted by molar-refractivity contribution is 0.0774. The van der Waals surface area contributed by atoms with Gasteiger partial charge in [0, 0.05) is 28.2 Å². The third kappa shape index (κ3) is 1.68. The smallest absolute Gasteiger partial charge is 0.255 e. The molecule has 0 fully saturated rings. The van der Waals surface area contributed by atoms with E-state index in [-0.39, 0.29) is 11.9 Å². The van der Waals surface area contributed by atoms with Crippen LogP contribution in [-0.4, -0.2) is 22.3 Å². The van der Waals surface area contributed by atoms with Crippen molar-refractivity contribution in [3.63, 3.8) is 0 Å². The molecule has 3 aromatic rings. The average molecular weight is 286 g/mol. The molecule has 106 valence electrons. The maximum Gasteiger partial charge on any atom is 0.255 e. The topological polar surface area (TPSA) is 36.1 Å². The predicted octanol–water partition coefficient (Wildman–Crippen LogP) is 3.35. The molecule has 1 unspecified atom stereocenters. The minimum absolute atomic E-state index is 0.00355. The highest BCUT2D eigenvalue weighted by molar-refractivity contribution is 6.01. The predicted molar refractivity (Wildman–Crippen MR) is 86.5 cm³/mol. The van der Waals surface area contributed by atoms with Crippen LogP contribution in [0.1, 0.15) is 27.5 Å². The van der Waals surface area contributed by atoms with E-state index in [1.54, 1.807) is 4.90 Å². The number of aromatic amines is 1. The van der Waals surface area contributed by atoms with Crippen molar-refractivity contribution in [3.05, 3.63) is 71.4 Å². The van der Waals surface area contributed by atoms with Crippen LogP contribution in [0.4, 0.5) is 0 Å². The van der Waals surface area contributed by atoms with Gasteiger partial charge in [-0.1, -0.05) is 42.3 Å². The van der Waals surface area contributed by atoms with Gasteiger partial charge in [-0.05, 0) is 17.7 Å². The number of hydrogen-bond acceptors (Lipinski definition) is 1. The standard InChI is InChI=1S/C19H14N2O/c1-2-11-21-18(14-8-3-4-9-15(14)19(21)22)16-12-20-17-10-6-5-7-13(16)17/h1,3-10,12,18,20H,11H2. The number of nitrogens with one attached hydrogen (secondary N) is 1. The number of carbonyl (C=O) groups is 1. The van der Waals surface area contributed by atoms with Gasteiger partial charge in [0.05, 0.1) is 12.6 Å². The van der Waals surface area contributed by atoms with Gasteiger partial charge in [-0.3, -0.25) is 4.79 Å². The van der Waals surface area contributed by atoms with E-state index in [0.29, 0.717) is 6.54 Å². The Morgan fingerprint density at radius 3 is 2.73 bits per heavy atom. The van der Waals surface area contributed by atoms with E-state index in [4.69, 9.17) is 6.42 Å². The Balaban J connectivity index is 1.95. The molecule has 0 saturated heterocycles. The number of aromatic nitrogens is 1. The van der Waals surface area contributed by atoms with Crippen molar-refractivity contribution in [3.8, 4) is 12.3 Å². The Morgan fingerprint density at radius 2 is 1.86 bits per heavy atom. The molecule has 4 rings (SSSR count). The summed E-state index contributed by atoms with van der Waals surface area (Å²) in [5.74, 6) is 2.61. The summed E-state index contributed by atoms with van der Waals surface area (Å²) in [4.78, 5) is 17.7. The van der Waals surface area contributed by atoms with Crippen LogP contribution in [0.2, 0.25) is 0 Å². The number of rotatable bonds is 2. The van der Waals surface area contributed by atoms with Crippen LogP contribution in [0.3, 0.4) is 0 Å². The summed E-state index contributed by atoms with van der Waals surface area (Å²) in [6, 6.07) is 15.7. The molecule has 2 heterocycles. The van der Waals surface area contributed by atoms with Crippen LogP contribution in [-0.2, 0) is 0 Å². The number of carbonyl (C=O) groups excluding carboxylic acids is 1. The first-order valence-corrected chi connectivity index (χ1v) is 7.20. The molecule has 0 radical (unpaired) electrons. The minimum atomic E-state index is -0.129. The van der Waals surface area contributed by atoms with Gasteiger partial charge in [-0.15, -0.1) is 6.42 Å². The summed E-state index contributed by atoms with van der Waals surface area (Å²) in [6.45, 7) is 0.303. The fourth-order valence-corrected chi connectivity index (χ4v) is 3.29. The van der Waals surface area contributed by atoms with E-state index < -0.39 is 0 Å². The summed E-state index contributed by atoms with van der Waals surface area (Å²) in [5, 5.41) is 1.12. The molecule has 3 heteroatoms. The third-order valence-corrected chi connectivity index (χ3v) is 4.24. The van der Waals surface area contributed by atoms with Gasteiger partial charge in [0.25, 0.3) is 5.91 Å². The lowest BCUT2D eigenvalue weighted by atomic mass is 9.97. The number of para-hydroxylation sites is 1. The van der Waals surface area contributed by atoms with Gasteiger partial charge < -0.3 is 9.88 Å². The van der Waals surface area contributed by atoms with E-state index >= 15 is 0 Å². The number of benzene rings is 2. The van der Waals surface area contributed by atoms with Gasteiger partial charge in [-0.25, -0.2) is 0 Å². The second kappa shape index (κ2) is 4.78. The van der Waals surface area contributed by atoms with Crippen molar-refractivity contribution in [2.24, 2.45) is 0 Å². The highest BCUT2D eigenvalue weighted by Crippen LogP contribution is 2.40. The average Bonchev–Trinajstić information content (AvgIpc) is 3.09. The van der Waals surface area contributed by atoms with Crippen molar-refractivity contribution in [2.75, 3.05) is 6.54 Å². The lowest BCUT2D eigenvalue weighted by Crippen LogP contribution is -2.28. The molecule has 22 heavy (non-hydrogen) atoms. The van der Waals surface area contributed by atoms with Crippen molar-refractivity contribution in [2.45, 2.75) is 6.04 Å².